The van der Waals surface area contributed by atoms with Crippen LogP contribution in [0, 0.1) is 22.7 Å². The first-order chi connectivity index (χ1) is 10.2. The minimum absolute atomic E-state index is 0.158. The summed E-state index contributed by atoms with van der Waals surface area (Å²) in [6.07, 6.45) is 9.61. The fraction of sp³-hybridized carbons (Fsp3) is 0.750. The van der Waals surface area contributed by atoms with Gasteiger partial charge in [-0.3, -0.25) is 4.79 Å². The van der Waals surface area contributed by atoms with Crippen LogP contribution >= 0.6 is 0 Å². The van der Waals surface area contributed by atoms with E-state index in [0.717, 1.165) is 24.3 Å². The highest BCUT2D eigenvalue weighted by molar-refractivity contribution is 5.69. The Bertz CT molecular complexity index is 486. The third kappa shape index (κ3) is 3.31. The molecule has 1 N–H and O–H groups in total. The highest BCUT2D eigenvalue weighted by Gasteiger charge is 2.52. The second-order valence-corrected chi connectivity index (χ2v) is 8.51. The van der Waals surface area contributed by atoms with Gasteiger partial charge in [0.15, 0.2) is 0 Å². The molecule has 0 aromatic heterocycles. The van der Waals surface area contributed by atoms with Crippen molar-refractivity contribution < 1.29 is 9.90 Å². The van der Waals surface area contributed by atoms with Crippen molar-refractivity contribution >= 4 is 5.97 Å². The molecule has 2 fully saturated rings. The minimum atomic E-state index is -0.737. The van der Waals surface area contributed by atoms with Gasteiger partial charge in [-0.25, -0.2) is 0 Å². The topological polar surface area (TPSA) is 37.3 Å². The third-order valence-electron chi connectivity index (χ3n) is 6.45. The number of rotatable bonds is 4. The van der Waals surface area contributed by atoms with Crippen LogP contribution in [0.15, 0.2) is 23.8 Å². The molecular weight excluding hydrogens is 272 g/mol. The monoisotopic (exact) mass is 304 g/mol. The van der Waals surface area contributed by atoms with Gasteiger partial charge in [0.05, 0.1) is 6.42 Å². The molecular formula is C20H32O2. The van der Waals surface area contributed by atoms with Crippen LogP contribution in [-0.4, -0.2) is 11.1 Å². The molecule has 22 heavy (non-hydrogen) atoms. The lowest BCUT2D eigenvalue weighted by atomic mass is 9.47. The van der Waals surface area contributed by atoms with E-state index in [4.69, 9.17) is 5.11 Å². The minimum Gasteiger partial charge on any atom is -0.481 e. The van der Waals surface area contributed by atoms with Gasteiger partial charge >= 0.3 is 5.97 Å². The standard InChI is InChI=1S/C20H32O2/c1-14(13-18(21)22)7-9-16-15(2)8-10-17-19(3,4)11-6-12-20(16,17)5/h7,16-17H,2,6,8-13H2,1,3-5H3,(H,21,22)/b14-7-/t16-,17-,20+/m0/s1. The number of carboxylic acid groups (broad SMARTS) is 1. The number of allylic oxidation sites excluding steroid dienone is 2. The van der Waals surface area contributed by atoms with Crippen molar-refractivity contribution in [2.75, 3.05) is 0 Å². The van der Waals surface area contributed by atoms with Gasteiger partial charge in [0, 0.05) is 0 Å². The largest absolute Gasteiger partial charge is 0.481 e. The Kier molecular flexibility index (Phi) is 4.89. The predicted molar refractivity (Wildman–Crippen MR) is 91.7 cm³/mol. The fourth-order valence-corrected chi connectivity index (χ4v) is 5.34. The van der Waals surface area contributed by atoms with Gasteiger partial charge < -0.3 is 5.11 Å². The van der Waals surface area contributed by atoms with Crippen LogP contribution in [-0.2, 0) is 4.79 Å². The molecule has 2 heteroatoms. The molecule has 2 nitrogen and oxygen atoms in total. The van der Waals surface area contributed by atoms with E-state index in [1.165, 1.54) is 31.3 Å². The molecule has 0 amide bonds. The molecule has 0 bridgehead atoms. The quantitative estimate of drug-likeness (QED) is 0.687. The summed E-state index contributed by atoms with van der Waals surface area (Å²) in [6, 6.07) is 0. The molecule has 3 atom stereocenters. The zero-order chi connectivity index (χ0) is 16.5. The summed E-state index contributed by atoms with van der Waals surface area (Å²) in [7, 11) is 0. The van der Waals surface area contributed by atoms with E-state index in [2.05, 4.69) is 33.4 Å². The van der Waals surface area contributed by atoms with Crippen molar-refractivity contribution in [2.24, 2.45) is 22.7 Å². The number of hydrogen-bond acceptors (Lipinski definition) is 1. The van der Waals surface area contributed by atoms with Crippen LogP contribution < -0.4 is 0 Å². The summed E-state index contributed by atoms with van der Waals surface area (Å²) in [6.45, 7) is 13.6. The fourth-order valence-electron chi connectivity index (χ4n) is 5.34. The molecule has 0 aromatic carbocycles. The van der Waals surface area contributed by atoms with E-state index in [-0.39, 0.29) is 6.42 Å². The van der Waals surface area contributed by atoms with Gasteiger partial charge in [0.25, 0.3) is 0 Å². The normalized spacial score (nSPS) is 35.1. The lowest BCUT2D eigenvalue weighted by Gasteiger charge is -2.58. The Labute approximate surface area is 135 Å². The lowest BCUT2D eigenvalue weighted by Crippen LogP contribution is -2.49. The molecule has 2 saturated carbocycles. The Morgan fingerprint density at radius 1 is 1.36 bits per heavy atom. The van der Waals surface area contributed by atoms with Gasteiger partial charge in [-0.15, -0.1) is 0 Å². The van der Waals surface area contributed by atoms with Crippen molar-refractivity contribution in [1.29, 1.82) is 0 Å². The molecule has 0 aromatic rings. The highest BCUT2D eigenvalue weighted by Crippen LogP contribution is 2.61. The number of carboxylic acids is 1. The zero-order valence-electron chi connectivity index (χ0n) is 14.7. The summed E-state index contributed by atoms with van der Waals surface area (Å²) in [5.41, 5.74) is 3.11. The van der Waals surface area contributed by atoms with E-state index in [1.807, 2.05) is 6.92 Å². The Balaban J connectivity index is 2.21. The van der Waals surface area contributed by atoms with Crippen molar-refractivity contribution in [2.45, 2.75) is 72.6 Å². The Morgan fingerprint density at radius 2 is 2.05 bits per heavy atom. The average Bonchev–Trinajstić information content (AvgIpc) is 2.35. The number of hydrogen-bond donors (Lipinski definition) is 1. The van der Waals surface area contributed by atoms with E-state index < -0.39 is 5.97 Å². The molecule has 124 valence electrons. The summed E-state index contributed by atoms with van der Waals surface area (Å²) in [4.78, 5) is 10.8. The first kappa shape index (κ1) is 17.3. The van der Waals surface area contributed by atoms with Crippen molar-refractivity contribution in [3.63, 3.8) is 0 Å². The van der Waals surface area contributed by atoms with Crippen LogP contribution in [0.25, 0.3) is 0 Å². The summed E-state index contributed by atoms with van der Waals surface area (Å²) in [5, 5.41) is 8.92. The van der Waals surface area contributed by atoms with Crippen LogP contribution in [0.1, 0.15) is 72.6 Å². The summed E-state index contributed by atoms with van der Waals surface area (Å²) in [5.74, 6) is 0.533. The van der Waals surface area contributed by atoms with Crippen LogP contribution in [0.5, 0.6) is 0 Å². The van der Waals surface area contributed by atoms with E-state index >= 15 is 0 Å². The van der Waals surface area contributed by atoms with Crippen molar-refractivity contribution in [1.82, 2.24) is 0 Å². The molecule has 2 rings (SSSR count). The molecule has 0 spiro atoms. The van der Waals surface area contributed by atoms with E-state index in [1.54, 1.807) is 0 Å². The van der Waals surface area contributed by atoms with Gasteiger partial charge in [-0.05, 0) is 61.7 Å². The van der Waals surface area contributed by atoms with Gasteiger partial charge in [0.1, 0.15) is 0 Å². The smallest absolute Gasteiger partial charge is 0.307 e. The molecule has 0 unspecified atom stereocenters. The van der Waals surface area contributed by atoms with Crippen molar-refractivity contribution in [3.05, 3.63) is 23.8 Å². The Morgan fingerprint density at radius 3 is 2.68 bits per heavy atom. The maximum atomic E-state index is 10.8. The molecule has 2 aliphatic rings. The van der Waals surface area contributed by atoms with E-state index in [9.17, 15) is 4.79 Å². The number of aliphatic carboxylic acids is 1. The van der Waals surface area contributed by atoms with Crippen LogP contribution in [0.2, 0.25) is 0 Å². The van der Waals surface area contributed by atoms with Crippen LogP contribution in [0.3, 0.4) is 0 Å². The maximum Gasteiger partial charge on any atom is 0.307 e. The molecule has 2 aliphatic carbocycles. The SMILES string of the molecule is C=C1CC[C@H]2C(C)(C)CCC[C@]2(C)[C@H]1C/C=C(/C)CC(=O)O. The summed E-state index contributed by atoms with van der Waals surface area (Å²) >= 11 is 0. The third-order valence-corrected chi connectivity index (χ3v) is 6.45. The second kappa shape index (κ2) is 6.22. The maximum absolute atomic E-state index is 10.8. The molecule has 0 heterocycles. The highest BCUT2D eigenvalue weighted by atomic mass is 16.4. The predicted octanol–water partition coefficient (Wildman–Crippen LogP) is 5.60. The van der Waals surface area contributed by atoms with E-state index in [0.29, 0.717) is 16.7 Å². The average molecular weight is 304 g/mol. The van der Waals surface area contributed by atoms with Gasteiger partial charge in [-0.2, -0.15) is 0 Å². The molecule has 0 aliphatic heterocycles. The number of fused-ring (bicyclic) bond motifs is 1. The first-order valence-corrected chi connectivity index (χ1v) is 8.72. The van der Waals surface area contributed by atoms with Gasteiger partial charge in [0.2, 0.25) is 0 Å². The van der Waals surface area contributed by atoms with Crippen LogP contribution in [0.4, 0.5) is 0 Å². The zero-order valence-corrected chi connectivity index (χ0v) is 14.7. The molecule has 0 radical (unpaired) electrons. The van der Waals surface area contributed by atoms with Gasteiger partial charge in [-0.1, -0.05) is 51.0 Å². The van der Waals surface area contributed by atoms with Crippen molar-refractivity contribution in [3.8, 4) is 0 Å². The Hall–Kier alpha value is -1.05. The molecule has 0 saturated heterocycles. The first-order valence-electron chi connectivity index (χ1n) is 8.72. The second-order valence-electron chi connectivity index (χ2n) is 8.51. The number of carbonyl (C=O) groups is 1. The summed E-state index contributed by atoms with van der Waals surface area (Å²) < 4.78 is 0. The lowest BCUT2D eigenvalue weighted by molar-refractivity contribution is -0.136.